The van der Waals surface area contributed by atoms with Crippen LogP contribution in [0.25, 0.3) is 0 Å². The van der Waals surface area contributed by atoms with Gasteiger partial charge in [0.15, 0.2) is 5.78 Å². The zero-order valence-corrected chi connectivity index (χ0v) is 10.5. The Morgan fingerprint density at radius 2 is 2.16 bits per heavy atom. The number of phenols is 2. The third-order valence-corrected chi connectivity index (χ3v) is 3.20. The van der Waals surface area contributed by atoms with Gasteiger partial charge >= 0.3 is 0 Å². The highest BCUT2D eigenvalue weighted by Gasteiger charge is 2.30. The molecule has 1 saturated carbocycles. The van der Waals surface area contributed by atoms with Crippen LogP contribution in [0.4, 0.5) is 0 Å². The molecule has 5 heteroatoms. The van der Waals surface area contributed by atoms with Crippen LogP contribution in [0, 0.1) is 11.3 Å². The predicted octanol–water partition coefficient (Wildman–Crippen LogP) is 1.66. The third kappa shape index (κ3) is 3.46. The fourth-order valence-corrected chi connectivity index (χ4v) is 2.05. The number of benzene rings is 1. The molecule has 1 aromatic carbocycles. The first-order chi connectivity index (χ1) is 9.11. The molecule has 0 unspecified atom stereocenters. The minimum atomic E-state index is -0.207. The number of aromatic hydroxyl groups is 2. The second-order valence-corrected chi connectivity index (χ2v) is 4.73. The number of nitrogens with zero attached hydrogens (tertiary/aromatic N) is 2. The molecule has 0 amide bonds. The second kappa shape index (κ2) is 5.72. The van der Waals surface area contributed by atoms with Crippen molar-refractivity contribution in [1.29, 1.82) is 5.26 Å². The highest BCUT2D eigenvalue weighted by atomic mass is 16.3. The van der Waals surface area contributed by atoms with E-state index < -0.39 is 0 Å². The first-order valence-electron chi connectivity index (χ1n) is 6.28. The highest BCUT2D eigenvalue weighted by Crippen LogP contribution is 2.28. The quantitative estimate of drug-likeness (QED) is 0.760. The van der Waals surface area contributed by atoms with Crippen LogP contribution >= 0.6 is 0 Å². The van der Waals surface area contributed by atoms with Crippen LogP contribution < -0.4 is 0 Å². The SMILES string of the molecule is N#CCCN(CC(=O)c1ccc(O)cc1O)C1CC1. The number of phenolic OH excluding ortho intramolecular Hbond substituents is 2. The summed E-state index contributed by atoms with van der Waals surface area (Å²) in [7, 11) is 0. The van der Waals surface area contributed by atoms with E-state index in [1.807, 2.05) is 4.90 Å². The molecule has 0 spiro atoms. The summed E-state index contributed by atoms with van der Waals surface area (Å²) in [5.74, 6) is -0.471. The van der Waals surface area contributed by atoms with Crippen LogP contribution in [0.2, 0.25) is 0 Å². The van der Waals surface area contributed by atoms with E-state index in [1.54, 1.807) is 0 Å². The normalized spacial score (nSPS) is 14.3. The number of carbonyl (C=O) groups is 1. The van der Waals surface area contributed by atoms with Gasteiger partial charge in [-0.2, -0.15) is 5.26 Å². The summed E-state index contributed by atoms with van der Waals surface area (Å²) in [6.07, 6.45) is 2.51. The Balaban J connectivity index is 2.04. The van der Waals surface area contributed by atoms with E-state index >= 15 is 0 Å². The number of carbonyl (C=O) groups excluding carboxylic acids is 1. The van der Waals surface area contributed by atoms with Crippen molar-refractivity contribution < 1.29 is 15.0 Å². The molecule has 2 rings (SSSR count). The number of ketones is 1. The molecule has 0 radical (unpaired) electrons. The molecule has 1 aromatic rings. The maximum Gasteiger partial charge on any atom is 0.180 e. The molecular weight excluding hydrogens is 244 g/mol. The molecule has 1 fully saturated rings. The topological polar surface area (TPSA) is 84.6 Å². The van der Waals surface area contributed by atoms with E-state index in [0.29, 0.717) is 19.0 Å². The first kappa shape index (κ1) is 13.4. The monoisotopic (exact) mass is 260 g/mol. The summed E-state index contributed by atoms with van der Waals surface area (Å²) in [4.78, 5) is 14.1. The van der Waals surface area contributed by atoms with Gasteiger partial charge in [0.25, 0.3) is 0 Å². The zero-order valence-electron chi connectivity index (χ0n) is 10.5. The van der Waals surface area contributed by atoms with Gasteiger partial charge < -0.3 is 10.2 Å². The molecule has 1 aliphatic carbocycles. The Morgan fingerprint density at radius 1 is 1.42 bits per heavy atom. The van der Waals surface area contributed by atoms with Crippen molar-refractivity contribution in [2.75, 3.05) is 13.1 Å². The summed E-state index contributed by atoms with van der Waals surface area (Å²) in [6, 6.07) is 6.42. The Labute approximate surface area is 111 Å². The van der Waals surface area contributed by atoms with Gasteiger partial charge in [-0.3, -0.25) is 9.69 Å². The lowest BCUT2D eigenvalue weighted by Crippen LogP contribution is -2.32. The van der Waals surface area contributed by atoms with Crippen molar-refractivity contribution in [1.82, 2.24) is 4.90 Å². The number of nitriles is 1. The van der Waals surface area contributed by atoms with Gasteiger partial charge in [-0.1, -0.05) is 0 Å². The van der Waals surface area contributed by atoms with Crippen LogP contribution in [-0.2, 0) is 0 Å². The van der Waals surface area contributed by atoms with Gasteiger partial charge in [0.1, 0.15) is 11.5 Å². The smallest absolute Gasteiger partial charge is 0.180 e. The van der Waals surface area contributed by atoms with E-state index in [2.05, 4.69) is 6.07 Å². The first-order valence-corrected chi connectivity index (χ1v) is 6.28. The third-order valence-electron chi connectivity index (χ3n) is 3.20. The van der Waals surface area contributed by atoms with Crippen LogP contribution in [-0.4, -0.2) is 40.0 Å². The lowest BCUT2D eigenvalue weighted by atomic mass is 10.1. The van der Waals surface area contributed by atoms with Crippen LogP contribution in [0.3, 0.4) is 0 Å². The molecule has 0 aliphatic heterocycles. The summed E-state index contributed by atoms with van der Waals surface area (Å²) < 4.78 is 0. The molecule has 19 heavy (non-hydrogen) atoms. The average Bonchev–Trinajstić information content (AvgIpc) is 3.18. The molecule has 0 saturated heterocycles. The Kier molecular flexibility index (Phi) is 4.03. The average molecular weight is 260 g/mol. The van der Waals surface area contributed by atoms with Gasteiger partial charge in [-0.05, 0) is 25.0 Å². The minimum absolute atomic E-state index is 0.0717. The van der Waals surface area contributed by atoms with E-state index in [0.717, 1.165) is 18.9 Å². The van der Waals surface area contributed by atoms with E-state index in [1.165, 1.54) is 12.1 Å². The van der Waals surface area contributed by atoms with Gasteiger partial charge in [-0.25, -0.2) is 0 Å². The van der Waals surface area contributed by atoms with Gasteiger partial charge in [0, 0.05) is 25.1 Å². The summed E-state index contributed by atoms with van der Waals surface area (Å²) in [5.41, 5.74) is 0.209. The highest BCUT2D eigenvalue weighted by molar-refractivity contribution is 6.00. The summed E-state index contributed by atoms with van der Waals surface area (Å²) >= 11 is 0. The maximum absolute atomic E-state index is 12.1. The van der Waals surface area contributed by atoms with Gasteiger partial charge in [0.2, 0.25) is 0 Å². The number of hydrogen-bond donors (Lipinski definition) is 2. The van der Waals surface area contributed by atoms with E-state index in [-0.39, 0.29) is 29.4 Å². The largest absolute Gasteiger partial charge is 0.508 e. The second-order valence-electron chi connectivity index (χ2n) is 4.73. The van der Waals surface area contributed by atoms with Gasteiger partial charge in [0.05, 0.1) is 18.2 Å². The molecule has 100 valence electrons. The van der Waals surface area contributed by atoms with E-state index in [9.17, 15) is 15.0 Å². The fraction of sp³-hybridized carbons (Fsp3) is 0.429. The standard InChI is InChI=1S/C14H16N2O3/c15-6-1-7-16(10-2-3-10)9-14(19)12-5-4-11(17)8-13(12)18/h4-5,8,10,17-18H,1-3,7,9H2. The molecule has 0 aromatic heterocycles. The number of Topliss-reactive ketones (excluding diaryl/α,β-unsaturated/α-hetero) is 1. The maximum atomic E-state index is 12.1. The van der Waals surface area contributed by atoms with E-state index in [4.69, 9.17) is 5.26 Å². The van der Waals surface area contributed by atoms with Crippen molar-refractivity contribution in [2.24, 2.45) is 0 Å². The molecule has 5 nitrogen and oxygen atoms in total. The van der Waals surface area contributed by atoms with Crippen molar-refractivity contribution in [3.05, 3.63) is 23.8 Å². The molecule has 1 aliphatic rings. The van der Waals surface area contributed by atoms with Crippen molar-refractivity contribution >= 4 is 5.78 Å². The number of hydrogen-bond acceptors (Lipinski definition) is 5. The summed E-state index contributed by atoms with van der Waals surface area (Å²) in [5, 5.41) is 27.5. The van der Waals surface area contributed by atoms with Crippen molar-refractivity contribution in [3.8, 4) is 17.6 Å². The molecule has 2 N–H and O–H groups in total. The molecule has 0 heterocycles. The minimum Gasteiger partial charge on any atom is -0.508 e. The van der Waals surface area contributed by atoms with Crippen LogP contribution in [0.15, 0.2) is 18.2 Å². The lowest BCUT2D eigenvalue weighted by Gasteiger charge is -2.19. The van der Waals surface area contributed by atoms with Crippen LogP contribution in [0.5, 0.6) is 11.5 Å². The number of rotatable bonds is 6. The summed E-state index contributed by atoms with van der Waals surface area (Å²) in [6.45, 7) is 0.774. The Morgan fingerprint density at radius 3 is 2.74 bits per heavy atom. The van der Waals surface area contributed by atoms with Crippen molar-refractivity contribution in [3.63, 3.8) is 0 Å². The molecule has 0 bridgehead atoms. The zero-order chi connectivity index (χ0) is 13.8. The lowest BCUT2D eigenvalue weighted by molar-refractivity contribution is 0.0923. The fourth-order valence-electron chi connectivity index (χ4n) is 2.05. The van der Waals surface area contributed by atoms with Gasteiger partial charge in [-0.15, -0.1) is 0 Å². The van der Waals surface area contributed by atoms with Crippen molar-refractivity contribution in [2.45, 2.75) is 25.3 Å². The Hall–Kier alpha value is -2.06. The molecule has 0 atom stereocenters. The predicted molar refractivity (Wildman–Crippen MR) is 68.9 cm³/mol. The Bertz CT molecular complexity index is 518. The molecular formula is C14H16N2O3. The van der Waals surface area contributed by atoms with Crippen LogP contribution in [0.1, 0.15) is 29.6 Å².